The standard InChI is InChI=1S/C8H11N3O3S/c1-8(2,13)5(12)4-15-7-6(9-3)10-14-11-7/h5,12-13H,4H2,1-2H3. The van der Waals surface area contributed by atoms with Crippen molar-refractivity contribution in [3.8, 4) is 0 Å². The molecule has 1 atom stereocenters. The van der Waals surface area contributed by atoms with Gasteiger partial charge in [-0.05, 0) is 19.0 Å². The van der Waals surface area contributed by atoms with E-state index in [2.05, 4.69) is 19.8 Å². The number of thioether (sulfide) groups is 1. The number of rotatable bonds is 4. The lowest BCUT2D eigenvalue weighted by Gasteiger charge is -2.23. The van der Waals surface area contributed by atoms with Crippen molar-refractivity contribution < 1.29 is 14.8 Å². The molecule has 0 bridgehead atoms. The Morgan fingerprint density at radius 3 is 2.80 bits per heavy atom. The van der Waals surface area contributed by atoms with Crippen molar-refractivity contribution >= 4 is 17.6 Å². The maximum absolute atomic E-state index is 9.52. The van der Waals surface area contributed by atoms with Gasteiger partial charge in [-0.25, -0.2) is 0 Å². The molecule has 15 heavy (non-hydrogen) atoms. The monoisotopic (exact) mass is 229 g/mol. The van der Waals surface area contributed by atoms with E-state index < -0.39 is 11.7 Å². The van der Waals surface area contributed by atoms with Crippen molar-refractivity contribution in [3.05, 3.63) is 11.4 Å². The first-order valence-electron chi connectivity index (χ1n) is 4.18. The van der Waals surface area contributed by atoms with Gasteiger partial charge in [0, 0.05) is 5.75 Å². The van der Waals surface area contributed by atoms with Crippen LogP contribution in [0.4, 0.5) is 5.82 Å². The van der Waals surface area contributed by atoms with Gasteiger partial charge in [0.05, 0.1) is 11.7 Å². The fraction of sp³-hybridized carbons (Fsp3) is 0.625. The summed E-state index contributed by atoms with van der Waals surface area (Å²) in [4.78, 5) is 3.09. The molecule has 82 valence electrons. The lowest BCUT2D eigenvalue weighted by Crippen LogP contribution is -2.37. The fourth-order valence-electron chi connectivity index (χ4n) is 0.697. The average Bonchev–Trinajstić information content (AvgIpc) is 2.59. The second kappa shape index (κ2) is 4.61. The SMILES string of the molecule is [C-]#[N+]c1nonc1SCC(O)C(C)(C)O. The summed E-state index contributed by atoms with van der Waals surface area (Å²) in [6, 6.07) is 0. The molecule has 1 unspecified atom stereocenters. The van der Waals surface area contributed by atoms with Gasteiger partial charge in [-0.15, -0.1) is 11.8 Å². The maximum atomic E-state index is 9.52. The maximum Gasteiger partial charge on any atom is 0.353 e. The number of aliphatic hydroxyl groups is 2. The Morgan fingerprint density at radius 1 is 1.60 bits per heavy atom. The van der Waals surface area contributed by atoms with Gasteiger partial charge in [-0.3, -0.25) is 0 Å². The van der Waals surface area contributed by atoms with Gasteiger partial charge < -0.3 is 15.1 Å². The van der Waals surface area contributed by atoms with Crippen LogP contribution in [-0.4, -0.2) is 38.0 Å². The minimum Gasteiger partial charge on any atom is -0.389 e. The molecule has 0 amide bonds. The van der Waals surface area contributed by atoms with Gasteiger partial charge in [0.25, 0.3) is 0 Å². The van der Waals surface area contributed by atoms with E-state index in [4.69, 9.17) is 6.57 Å². The lowest BCUT2D eigenvalue weighted by molar-refractivity contribution is -0.0350. The molecule has 0 aliphatic rings. The molecule has 0 aliphatic carbocycles. The second-order valence-corrected chi connectivity index (χ2v) is 4.49. The van der Waals surface area contributed by atoms with E-state index >= 15 is 0 Å². The summed E-state index contributed by atoms with van der Waals surface area (Å²) in [6.45, 7) is 9.77. The Kier molecular flexibility index (Phi) is 3.68. The zero-order chi connectivity index (χ0) is 11.5. The first-order chi connectivity index (χ1) is 6.95. The Hall–Kier alpha value is -1.10. The number of nitrogens with zero attached hydrogens (tertiary/aromatic N) is 3. The molecule has 0 saturated carbocycles. The van der Waals surface area contributed by atoms with Gasteiger partial charge in [0.2, 0.25) is 0 Å². The molecule has 6 nitrogen and oxygen atoms in total. The molecule has 1 rings (SSSR count). The summed E-state index contributed by atoms with van der Waals surface area (Å²) in [5.74, 6) is 0.295. The van der Waals surface area contributed by atoms with Crippen molar-refractivity contribution in [2.24, 2.45) is 0 Å². The molecule has 0 fully saturated rings. The quantitative estimate of drug-likeness (QED) is 0.588. The summed E-state index contributed by atoms with van der Waals surface area (Å²) in [7, 11) is 0. The minimum atomic E-state index is -1.18. The molecule has 0 spiro atoms. The van der Waals surface area contributed by atoms with Gasteiger partial charge in [0.15, 0.2) is 5.03 Å². The van der Waals surface area contributed by atoms with Crippen LogP contribution in [0.1, 0.15) is 13.8 Å². The Labute approximate surface area is 91.1 Å². The molecular formula is C8H11N3O3S. The highest BCUT2D eigenvalue weighted by atomic mass is 32.2. The first-order valence-corrected chi connectivity index (χ1v) is 5.17. The summed E-state index contributed by atoms with van der Waals surface area (Å²) in [6.07, 6.45) is -0.905. The number of hydrogen-bond acceptors (Lipinski definition) is 6. The minimum absolute atomic E-state index is 0.0722. The molecule has 0 radical (unpaired) electrons. The normalized spacial score (nSPS) is 13.5. The highest BCUT2D eigenvalue weighted by Gasteiger charge is 2.25. The van der Waals surface area contributed by atoms with Gasteiger partial charge in [0.1, 0.15) is 5.16 Å². The van der Waals surface area contributed by atoms with Crippen LogP contribution in [0.2, 0.25) is 0 Å². The fourth-order valence-corrected chi connectivity index (χ4v) is 1.72. The van der Waals surface area contributed by atoms with Crippen molar-refractivity contribution in [1.29, 1.82) is 0 Å². The Bertz CT molecular complexity index is 366. The molecular weight excluding hydrogens is 218 g/mol. The molecule has 0 aliphatic heterocycles. The predicted octanol–water partition coefficient (Wildman–Crippen LogP) is 0.844. The summed E-state index contributed by atoms with van der Waals surface area (Å²) in [5, 5.41) is 26.2. The first kappa shape index (κ1) is 12.0. The van der Waals surface area contributed by atoms with Crippen molar-refractivity contribution in [3.63, 3.8) is 0 Å². The summed E-state index contributed by atoms with van der Waals surface area (Å²) < 4.78 is 4.38. The van der Waals surface area contributed by atoms with Gasteiger partial charge >= 0.3 is 5.82 Å². The molecule has 2 N–H and O–H groups in total. The van der Waals surface area contributed by atoms with Crippen molar-refractivity contribution in [2.45, 2.75) is 30.6 Å². The predicted molar refractivity (Wildman–Crippen MR) is 53.6 cm³/mol. The summed E-state index contributed by atoms with van der Waals surface area (Å²) in [5.41, 5.74) is -1.18. The number of hydrogen-bond donors (Lipinski definition) is 2. The van der Waals surface area contributed by atoms with Crippen molar-refractivity contribution in [1.82, 2.24) is 10.3 Å². The van der Waals surface area contributed by atoms with Crippen LogP contribution in [0.15, 0.2) is 9.65 Å². The van der Waals surface area contributed by atoms with Crippen molar-refractivity contribution in [2.75, 3.05) is 5.75 Å². The number of aliphatic hydroxyl groups excluding tert-OH is 1. The van der Waals surface area contributed by atoms with Gasteiger partial charge in [-0.1, -0.05) is 6.57 Å². The van der Waals surface area contributed by atoms with Crippen LogP contribution in [0.3, 0.4) is 0 Å². The Balaban J connectivity index is 2.55. The topological polar surface area (TPSA) is 83.7 Å². The van der Waals surface area contributed by atoms with E-state index in [0.29, 0.717) is 5.03 Å². The third kappa shape index (κ3) is 3.20. The highest BCUT2D eigenvalue weighted by molar-refractivity contribution is 7.99. The average molecular weight is 229 g/mol. The van der Waals surface area contributed by atoms with E-state index in [1.54, 1.807) is 0 Å². The lowest BCUT2D eigenvalue weighted by atomic mass is 10.0. The Morgan fingerprint density at radius 2 is 2.27 bits per heavy atom. The van der Waals surface area contributed by atoms with Gasteiger partial charge in [-0.2, -0.15) is 4.63 Å². The molecule has 1 heterocycles. The molecule has 1 aromatic rings. The second-order valence-electron chi connectivity index (χ2n) is 3.49. The van der Waals surface area contributed by atoms with Crippen LogP contribution in [0.5, 0.6) is 0 Å². The third-order valence-corrected chi connectivity index (χ3v) is 2.75. The van der Waals surface area contributed by atoms with Crippen LogP contribution in [0, 0.1) is 6.57 Å². The molecule has 7 heteroatoms. The third-order valence-electron chi connectivity index (χ3n) is 1.74. The van der Waals surface area contributed by atoms with Crippen LogP contribution < -0.4 is 0 Å². The molecule has 0 aromatic carbocycles. The van der Waals surface area contributed by atoms with E-state index in [1.165, 1.54) is 13.8 Å². The van der Waals surface area contributed by atoms with E-state index in [-0.39, 0.29) is 11.6 Å². The molecule has 0 saturated heterocycles. The largest absolute Gasteiger partial charge is 0.389 e. The highest BCUT2D eigenvalue weighted by Crippen LogP contribution is 2.27. The van der Waals surface area contributed by atoms with Crippen LogP contribution >= 0.6 is 11.8 Å². The van der Waals surface area contributed by atoms with Crippen LogP contribution in [-0.2, 0) is 0 Å². The van der Waals surface area contributed by atoms with E-state index in [9.17, 15) is 10.2 Å². The van der Waals surface area contributed by atoms with Crippen LogP contribution in [0.25, 0.3) is 4.85 Å². The summed E-state index contributed by atoms with van der Waals surface area (Å²) >= 11 is 1.12. The zero-order valence-electron chi connectivity index (χ0n) is 8.34. The number of aromatic nitrogens is 2. The van der Waals surface area contributed by atoms with E-state index in [1.807, 2.05) is 0 Å². The van der Waals surface area contributed by atoms with E-state index in [0.717, 1.165) is 11.8 Å². The zero-order valence-corrected chi connectivity index (χ0v) is 9.15. The molecule has 1 aromatic heterocycles. The smallest absolute Gasteiger partial charge is 0.353 e.